The van der Waals surface area contributed by atoms with Crippen LogP contribution in [0.4, 0.5) is 0 Å². The minimum atomic E-state index is -1.05. The van der Waals surface area contributed by atoms with E-state index in [1.807, 2.05) is 0 Å². The van der Waals surface area contributed by atoms with Crippen molar-refractivity contribution in [3.05, 3.63) is 42.0 Å². The zero-order valence-corrected chi connectivity index (χ0v) is 10.7. The Morgan fingerprint density at radius 2 is 2.11 bits per heavy atom. The molecule has 0 aromatic heterocycles. The highest BCUT2D eigenvalue weighted by molar-refractivity contribution is 5.79. The van der Waals surface area contributed by atoms with E-state index >= 15 is 0 Å². The summed E-state index contributed by atoms with van der Waals surface area (Å²) in [4.78, 5) is 10.5. The Kier molecular flexibility index (Phi) is 6.05. The Bertz CT molecular complexity index is 441. The molecule has 0 radical (unpaired) electrons. The van der Waals surface area contributed by atoms with Crippen molar-refractivity contribution in [2.45, 2.75) is 13.0 Å². The van der Waals surface area contributed by atoms with Gasteiger partial charge in [0, 0.05) is 17.6 Å². The molecule has 0 bridgehead atoms. The van der Waals surface area contributed by atoms with Crippen molar-refractivity contribution in [1.29, 1.82) is 0 Å². The van der Waals surface area contributed by atoms with Crippen LogP contribution in [-0.4, -0.2) is 34.5 Å². The number of aliphatic hydroxyl groups excluding tert-OH is 2. The van der Waals surface area contributed by atoms with Crippen LogP contribution in [0.3, 0.4) is 0 Å². The van der Waals surface area contributed by atoms with Gasteiger partial charge in [-0.3, -0.25) is 0 Å². The molecular formula is C14H18O5. The average Bonchev–Trinajstić information content (AvgIpc) is 2.42. The molecular weight excluding hydrogens is 248 g/mol. The van der Waals surface area contributed by atoms with E-state index in [1.54, 1.807) is 31.2 Å². The first-order valence-corrected chi connectivity index (χ1v) is 5.98. The molecule has 19 heavy (non-hydrogen) atoms. The highest BCUT2D eigenvalue weighted by Crippen LogP contribution is 2.30. The monoisotopic (exact) mass is 266 g/mol. The average molecular weight is 266 g/mol. The Labute approximate surface area is 111 Å². The molecule has 104 valence electrons. The fourth-order valence-corrected chi connectivity index (χ4v) is 1.63. The van der Waals surface area contributed by atoms with Crippen molar-refractivity contribution < 1.29 is 24.9 Å². The maximum absolute atomic E-state index is 10.5. The third-order valence-electron chi connectivity index (χ3n) is 2.63. The minimum absolute atomic E-state index is 0.112. The maximum atomic E-state index is 10.5. The summed E-state index contributed by atoms with van der Waals surface area (Å²) in [5.41, 5.74) is 0.568. The summed E-state index contributed by atoms with van der Waals surface area (Å²) in [7, 11) is 0. The number of hydrogen-bond acceptors (Lipinski definition) is 4. The number of aliphatic hydroxyl groups is 2. The van der Waals surface area contributed by atoms with Crippen molar-refractivity contribution in [2.24, 2.45) is 5.92 Å². The fourth-order valence-electron chi connectivity index (χ4n) is 1.63. The second-order valence-electron chi connectivity index (χ2n) is 4.11. The molecule has 0 aliphatic rings. The number of rotatable bonds is 7. The third kappa shape index (κ3) is 4.73. The van der Waals surface area contributed by atoms with Gasteiger partial charge in [0.05, 0.1) is 12.7 Å². The van der Waals surface area contributed by atoms with Gasteiger partial charge in [0.25, 0.3) is 0 Å². The molecule has 0 heterocycles. The third-order valence-corrected chi connectivity index (χ3v) is 2.63. The molecule has 1 aromatic rings. The molecule has 2 atom stereocenters. The van der Waals surface area contributed by atoms with Crippen LogP contribution < -0.4 is 4.74 Å². The predicted octanol–water partition coefficient (Wildman–Crippen LogP) is 1.37. The molecule has 0 unspecified atom stereocenters. The van der Waals surface area contributed by atoms with Crippen molar-refractivity contribution >= 4 is 5.97 Å². The van der Waals surface area contributed by atoms with E-state index in [4.69, 9.17) is 14.9 Å². The van der Waals surface area contributed by atoms with E-state index in [2.05, 4.69) is 0 Å². The predicted molar refractivity (Wildman–Crippen MR) is 69.9 cm³/mol. The highest BCUT2D eigenvalue weighted by atomic mass is 16.5. The van der Waals surface area contributed by atoms with Gasteiger partial charge in [0.2, 0.25) is 0 Å². The summed E-state index contributed by atoms with van der Waals surface area (Å²) < 4.78 is 5.33. The molecule has 3 N–H and O–H groups in total. The molecule has 5 heteroatoms. The van der Waals surface area contributed by atoms with Crippen molar-refractivity contribution in [1.82, 2.24) is 0 Å². The van der Waals surface area contributed by atoms with Crippen LogP contribution in [0.5, 0.6) is 5.75 Å². The van der Waals surface area contributed by atoms with Gasteiger partial charge in [-0.2, -0.15) is 0 Å². The fraction of sp³-hybridized carbons (Fsp3) is 0.357. The molecule has 0 amide bonds. The van der Waals surface area contributed by atoms with Gasteiger partial charge in [-0.05, 0) is 6.07 Å². The summed E-state index contributed by atoms with van der Waals surface area (Å²) in [6, 6.07) is 6.93. The number of para-hydroxylation sites is 1. The number of ether oxygens (including phenoxy) is 1. The van der Waals surface area contributed by atoms with E-state index in [9.17, 15) is 9.90 Å². The lowest BCUT2D eigenvalue weighted by atomic mass is 9.96. The van der Waals surface area contributed by atoms with Crippen LogP contribution in [-0.2, 0) is 4.79 Å². The first-order chi connectivity index (χ1) is 9.06. The van der Waals surface area contributed by atoms with Crippen LogP contribution in [0.2, 0.25) is 0 Å². The Balaban J connectivity index is 2.85. The lowest BCUT2D eigenvalue weighted by Crippen LogP contribution is -2.11. The standard InChI is InChI=1S/C14H18O5/c1-10(6-7-13(16)17)14(18)11-4-2-3-5-12(11)19-9-8-15/h2-7,10,14-15,18H,8-9H2,1H3,(H,16,17)/b7-6+/t10-,14-/m1/s1. The van der Waals surface area contributed by atoms with Gasteiger partial charge < -0.3 is 20.1 Å². The largest absolute Gasteiger partial charge is 0.491 e. The molecule has 0 saturated heterocycles. The van der Waals surface area contributed by atoms with E-state index < -0.39 is 12.1 Å². The topological polar surface area (TPSA) is 87.0 Å². The molecule has 0 aliphatic heterocycles. The molecule has 5 nitrogen and oxygen atoms in total. The van der Waals surface area contributed by atoms with Gasteiger partial charge in [-0.25, -0.2) is 4.79 Å². The number of hydrogen-bond donors (Lipinski definition) is 3. The van der Waals surface area contributed by atoms with E-state index in [0.29, 0.717) is 11.3 Å². The molecule has 0 spiro atoms. The lowest BCUT2D eigenvalue weighted by molar-refractivity contribution is -0.131. The van der Waals surface area contributed by atoms with Crippen LogP contribution in [0, 0.1) is 5.92 Å². The summed E-state index contributed by atoms with van der Waals surface area (Å²) in [5.74, 6) is -0.932. The molecule has 1 aromatic carbocycles. The highest BCUT2D eigenvalue weighted by Gasteiger charge is 2.18. The van der Waals surface area contributed by atoms with E-state index in [0.717, 1.165) is 6.08 Å². The summed E-state index contributed by atoms with van der Waals surface area (Å²) >= 11 is 0. The smallest absolute Gasteiger partial charge is 0.327 e. The zero-order chi connectivity index (χ0) is 14.3. The van der Waals surface area contributed by atoms with Crippen LogP contribution >= 0.6 is 0 Å². The number of aliphatic carboxylic acids is 1. The van der Waals surface area contributed by atoms with Gasteiger partial charge in [-0.1, -0.05) is 31.2 Å². The van der Waals surface area contributed by atoms with Crippen molar-refractivity contribution in [2.75, 3.05) is 13.2 Å². The molecule has 1 rings (SSSR count). The summed E-state index contributed by atoms with van der Waals surface area (Å²) in [6.07, 6.45) is 1.56. The second kappa shape index (κ2) is 7.56. The Morgan fingerprint density at radius 1 is 1.42 bits per heavy atom. The zero-order valence-electron chi connectivity index (χ0n) is 10.7. The second-order valence-corrected chi connectivity index (χ2v) is 4.11. The minimum Gasteiger partial charge on any atom is -0.491 e. The lowest BCUT2D eigenvalue weighted by Gasteiger charge is -2.19. The summed E-state index contributed by atoms with van der Waals surface area (Å²) in [5, 5.41) is 27.5. The van der Waals surface area contributed by atoms with E-state index in [-0.39, 0.29) is 19.1 Å². The SMILES string of the molecule is C[C@H](/C=C/C(=O)O)[C@@H](O)c1ccccc1OCCO. The summed E-state index contributed by atoms with van der Waals surface area (Å²) in [6.45, 7) is 1.74. The van der Waals surface area contributed by atoms with Crippen molar-refractivity contribution in [3.8, 4) is 5.75 Å². The van der Waals surface area contributed by atoms with Gasteiger partial charge in [-0.15, -0.1) is 0 Å². The van der Waals surface area contributed by atoms with Gasteiger partial charge in [0.1, 0.15) is 12.4 Å². The Hall–Kier alpha value is -1.85. The Morgan fingerprint density at radius 3 is 2.74 bits per heavy atom. The van der Waals surface area contributed by atoms with Gasteiger partial charge in [0.15, 0.2) is 0 Å². The van der Waals surface area contributed by atoms with E-state index in [1.165, 1.54) is 6.08 Å². The number of benzene rings is 1. The van der Waals surface area contributed by atoms with Crippen LogP contribution in [0.25, 0.3) is 0 Å². The van der Waals surface area contributed by atoms with Crippen LogP contribution in [0.15, 0.2) is 36.4 Å². The first kappa shape index (κ1) is 15.2. The quantitative estimate of drug-likeness (QED) is 0.649. The number of carbonyl (C=O) groups is 1. The number of carboxylic acid groups (broad SMARTS) is 1. The normalized spacial score (nSPS) is 14.3. The molecule has 0 fully saturated rings. The first-order valence-electron chi connectivity index (χ1n) is 5.98. The number of carboxylic acids is 1. The van der Waals surface area contributed by atoms with Gasteiger partial charge >= 0.3 is 5.97 Å². The maximum Gasteiger partial charge on any atom is 0.327 e. The van der Waals surface area contributed by atoms with Crippen LogP contribution in [0.1, 0.15) is 18.6 Å². The molecule has 0 saturated carbocycles. The van der Waals surface area contributed by atoms with Crippen molar-refractivity contribution in [3.63, 3.8) is 0 Å². The molecule has 0 aliphatic carbocycles.